The summed E-state index contributed by atoms with van der Waals surface area (Å²) in [4.78, 5) is 24.4. The number of nitrogens with two attached hydrogens (primary N) is 2. The molecule has 19 heavy (non-hydrogen) atoms. The van der Waals surface area contributed by atoms with E-state index in [9.17, 15) is 9.59 Å². The van der Waals surface area contributed by atoms with E-state index in [1.165, 1.54) is 0 Å². The first kappa shape index (κ1) is 15.9. The Kier molecular flexibility index (Phi) is 6.80. The molecule has 1 aliphatic carbocycles. The molecule has 0 radical (unpaired) electrons. The zero-order valence-electron chi connectivity index (χ0n) is 11.7. The van der Waals surface area contributed by atoms with E-state index in [1.807, 2.05) is 0 Å². The summed E-state index contributed by atoms with van der Waals surface area (Å²) in [5, 5.41) is 2.10. The number of primary amides is 1. The third-order valence-electron chi connectivity index (χ3n) is 3.66. The molecular weight excluding hydrogens is 244 g/mol. The van der Waals surface area contributed by atoms with Crippen molar-refractivity contribution in [3.05, 3.63) is 0 Å². The van der Waals surface area contributed by atoms with Crippen molar-refractivity contribution in [1.29, 1.82) is 0 Å². The van der Waals surface area contributed by atoms with Gasteiger partial charge in [0.15, 0.2) is 0 Å². The van der Waals surface area contributed by atoms with Crippen LogP contribution in [0.1, 0.15) is 45.4 Å². The molecular formula is C13H26N4O2. The molecule has 0 unspecified atom stereocenters. The Balaban J connectivity index is 2.39. The van der Waals surface area contributed by atoms with Crippen LogP contribution in [0.3, 0.4) is 0 Å². The number of rotatable bonds is 6. The van der Waals surface area contributed by atoms with Gasteiger partial charge >= 0.3 is 6.03 Å². The molecule has 110 valence electrons. The second kappa shape index (κ2) is 8.12. The highest BCUT2D eigenvalue weighted by molar-refractivity contribution is 5.93. The third kappa shape index (κ3) is 6.02. The number of imide groups is 1. The van der Waals surface area contributed by atoms with Crippen molar-refractivity contribution >= 4 is 11.9 Å². The fourth-order valence-electron chi connectivity index (χ4n) is 2.68. The molecule has 1 fully saturated rings. The number of nitrogens with one attached hydrogen (secondary N) is 1. The lowest BCUT2D eigenvalue weighted by atomic mass is 9.90. The lowest BCUT2D eigenvalue weighted by Crippen LogP contribution is -2.43. The summed E-state index contributed by atoms with van der Waals surface area (Å²) in [5.74, 6) is -0.305. The summed E-state index contributed by atoms with van der Waals surface area (Å²) in [5.41, 5.74) is 10.8. The van der Waals surface area contributed by atoms with Gasteiger partial charge < -0.3 is 11.5 Å². The van der Waals surface area contributed by atoms with Gasteiger partial charge in [-0.3, -0.25) is 15.0 Å². The number of nitrogens with zero attached hydrogens (tertiary/aromatic N) is 1. The summed E-state index contributed by atoms with van der Waals surface area (Å²) in [6, 6.07) is 0.0645. The van der Waals surface area contributed by atoms with Crippen LogP contribution in [0.15, 0.2) is 0 Å². The molecule has 0 atom stereocenters. The molecule has 0 bridgehead atoms. The maximum absolute atomic E-state index is 11.4. The number of hydrogen-bond acceptors (Lipinski definition) is 4. The Bertz CT molecular complexity index is 301. The van der Waals surface area contributed by atoms with Crippen LogP contribution in [0.2, 0.25) is 0 Å². The predicted octanol–water partition coefficient (Wildman–Crippen LogP) is 0.553. The van der Waals surface area contributed by atoms with Gasteiger partial charge in [-0.2, -0.15) is 0 Å². The number of hydrogen-bond donors (Lipinski definition) is 3. The Hall–Kier alpha value is -1.14. The molecule has 0 aromatic carbocycles. The Morgan fingerprint density at radius 3 is 2.37 bits per heavy atom. The van der Waals surface area contributed by atoms with Crippen LogP contribution in [0.5, 0.6) is 0 Å². The molecule has 0 aromatic heterocycles. The van der Waals surface area contributed by atoms with Crippen LogP contribution >= 0.6 is 0 Å². The standard InChI is InChI=1S/C13H26N4O2/c1-2-8-17(9-7-12(18)16-13(15)19)11-5-3-10(14)4-6-11/h10-11H,2-9,14H2,1H3,(H3,15,16,18,19). The average molecular weight is 270 g/mol. The van der Waals surface area contributed by atoms with Gasteiger partial charge in [0, 0.05) is 25.0 Å². The van der Waals surface area contributed by atoms with Crippen LogP contribution in [-0.4, -0.2) is 42.0 Å². The van der Waals surface area contributed by atoms with E-state index in [-0.39, 0.29) is 5.91 Å². The zero-order valence-corrected chi connectivity index (χ0v) is 11.7. The summed E-state index contributed by atoms with van der Waals surface area (Å²) < 4.78 is 0. The fourth-order valence-corrected chi connectivity index (χ4v) is 2.68. The molecule has 5 N–H and O–H groups in total. The molecule has 0 spiro atoms. The van der Waals surface area contributed by atoms with E-state index < -0.39 is 6.03 Å². The van der Waals surface area contributed by atoms with Crippen molar-refractivity contribution in [3.8, 4) is 0 Å². The van der Waals surface area contributed by atoms with Gasteiger partial charge in [-0.25, -0.2) is 4.79 Å². The first-order valence-electron chi connectivity index (χ1n) is 7.11. The lowest BCUT2D eigenvalue weighted by molar-refractivity contribution is -0.120. The Morgan fingerprint density at radius 1 is 1.21 bits per heavy atom. The SMILES string of the molecule is CCCN(CCC(=O)NC(N)=O)C1CCC(N)CC1. The minimum atomic E-state index is -0.782. The van der Waals surface area contributed by atoms with Crippen molar-refractivity contribution in [1.82, 2.24) is 10.2 Å². The van der Waals surface area contributed by atoms with Crippen molar-refractivity contribution in [3.63, 3.8) is 0 Å². The molecule has 1 rings (SSSR count). The van der Waals surface area contributed by atoms with Gasteiger partial charge in [0.2, 0.25) is 5.91 Å². The fraction of sp³-hybridized carbons (Fsp3) is 0.846. The van der Waals surface area contributed by atoms with E-state index in [0.717, 1.165) is 38.6 Å². The van der Waals surface area contributed by atoms with E-state index >= 15 is 0 Å². The molecule has 0 heterocycles. The summed E-state index contributed by atoms with van der Waals surface area (Å²) >= 11 is 0. The van der Waals surface area contributed by atoms with Crippen molar-refractivity contribution in [2.24, 2.45) is 11.5 Å². The normalized spacial score (nSPS) is 23.3. The third-order valence-corrected chi connectivity index (χ3v) is 3.66. The highest BCUT2D eigenvalue weighted by Crippen LogP contribution is 2.22. The maximum Gasteiger partial charge on any atom is 0.318 e. The zero-order chi connectivity index (χ0) is 14.3. The van der Waals surface area contributed by atoms with Gasteiger partial charge in [0.1, 0.15) is 0 Å². The molecule has 0 aromatic rings. The maximum atomic E-state index is 11.4. The number of carbonyl (C=O) groups is 2. The Morgan fingerprint density at radius 2 is 1.84 bits per heavy atom. The van der Waals surface area contributed by atoms with Crippen molar-refractivity contribution < 1.29 is 9.59 Å². The molecule has 6 heteroatoms. The minimum Gasteiger partial charge on any atom is -0.351 e. The first-order chi connectivity index (χ1) is 9.02. The monoisotopic (exact) mass is 270 g/mol. The molecule has 3 amide bonds. The smallest absolute Gasteiger partial charge is 0.318 e. The highest BCUT2D eigenvalue weighted by Gasteiger charge is 2.24. The van der Waals surface area contributed by atoms with E-state index in [2.05, 4.69) is 17.1 Å². The second-order valence-electron chi connectivity index (χ2n) is 5.27. The quantitative estimate of drug-likeness (QED) is 0.656. The highest BCUT2D eigenvalue weighted by atomic mass is 16.2. The topological polar surface area (TPSA) is 101 Å². The number of amides is 3. The van der Waals surface area contributed by atoms with E-state index in [0.29, 0.717) is 25.0 Å². The van der Waals surface area contributed by atoms with Gasteiger partial charge in [0.05, 0.1) is 0 Å². The summed E-state index contributed by atoms with van der Waals surface area (Å²) in [7, 11) is 0. The van der Waals surface area contributed by atoms with Crippen molar-refractivity contribution in [2.45, 2.75) is 57.5 Å². The van der Waals surface area contributed by atoms with Crippen LogP contribution in [0.25, 0.3) is 0 Å². The summed E-state index contributed by atoms with van der Waals surface area (Å²) in [6.45, 7) is 3.78. The molecule has 1 aliphatic rings. The van der Waals surface area contributed by atoms with E-state index in [4.69, 9.17) is 11.5 Å². The Labute approximate surface area is 114 Å². The lowest BCUT2D eigenvalue weighted by Gasteiger charge is -2.35. The minimum absolute atomic E-state index is 0.305. The van der Waals surface area contributed by atoms with Gasteiger partial charge in [-0.15, -0.1) is 0 Å². The largest absolute Gasteiger partial charge is 0.351 e. The summed E-state index contributed by atoms with van der Waals surface area (Å²) in [6.07, 6.45) is 5.67. The molecule has 1 saturated carbocycles. The first-order valence-corrected chi connectivity index (χ1v) is 7.11. The van der Waals surface area contributed by atoms with Crippen LogP contribution in [-0.2, 0) is 4.79 Å². The van der Waals surface area contributed by atoms with Gasteiger partial charge in [-0.1, -0.05) is 6.92 Å². The van der Waals surface area contributed by atoms with Crippen molar-refractivity contribution in [2.75, 3.05) is 13.1 Å². The molecule has 0 aliphatic heterocycles. The molecule has 6 nitrogen and oxygen atoms in total. The second-order valence-corrected chi connectivity index (χ2v) is 5.27. The van der Waals surface area contributed by atoms with E-state index in [1.54, 1.807) is 0 Å². The van der Waals surface area contributed by atoms with Crippen LogP contribution in [0.4, 0.5) is 4.79 Å². The van der Waals surface area contributed by atoms with Gasteiger partial charge in [0.25, 0.3) is 0 Å². The van der Waals surface area contributed by atoms with Crippen LogP contribution in [0, 0.1) is 0 Å². The predicted molar refractivity (Wildman–Crippen MR) is 74.4 cm³/mol. The van der Waals surface area contributed by atoms with Crippen LogP contribution < -0.4 is 16.8 Å². The molecule has 0 saturated heterocycles. The average Bonchev–Trinajstić information content (AvgIpc) is 2.35. The number of carbonyl (C=O) groups excluding carboxylic acids is 2. The number of urea groups is 1. The van der Waals surface area contributed by atoms with Gasteiger partial charge in [-0.05, 0) is 38.6 Å².